The lowest BCUT2D eigenvalue weighted by Crippen LogP contribution is -2.38. The molecule has 6 heteroatoms. The van der Waals surface area contributed by atoms with Gasteiger partial charge in [-0.1, -0.05) is 36.4 Å². The summed E-state index contributed by atoms with van der Waals surface area (Å²) in [6, 6.07) is 11.7. The van der Waals surface area contributed by atoms with Gasteiger partial charge >= 0.3 is 0 Å². The maximum absolute atomic E-state index is 13.7. The maximum atomic E-state index is 13.7. The molecule has 2 N–H and O–H groups in total. The van der Waals surface area contributed by atoms with Gasteiger partial charge in [0.1, 0.15) is 17.7 Å². The molecule has 0 heterocycles. The van der Waals surface area contributed by atoms with Crippen LogP contribution in [0.15, 0.2) is 48.5 Å². The van der Waals surface area contributed by atoms with Gasteiger partial charge in [-0.05, 0) is 24.6 Å². The zero-order chi connectivity index (χ0) is 16.1. The smallest absolute Gasteiger partial charge is 0.244 e. The van der Waals surface area contributed by atoms with Crippen LogP contribution in [0, 0.1) is 11.6 Å². The van der Waals surface area contributed by atoms with Gasteiger partial charge in [-0.15, -0.1) is 12.4 Å². The Morgan fingerprint density at radius 1 is 1.09 bits per heavy atom. The van der Waals surface area contributed by atoms with Gasteiger partial charge in [-0.2, -0.15) is 0 Å². The average Bonchev–Trinajstić information content (AvgIpc) is 2.54. The van der Waals surface area contributed by atoms with E-state index in [2.05, 4.69) is 0 Å². The van der Waals surface area contributed by atoms with E-state index >= 15 is 0 Å². The van der Waals surface area contributed by atoms with Crippen LogP contribution in [0.25, 0.3) is 0 Å². The Balaban J connectivity index is 0.00000264. The quantitative estimate of drug-likeness (QED) is 0.906. The lowest BCUT2D eigenvalue weighted by molar-refractivity contribution is -0.133. The standard InChI is InChI=1S/C17H18F2N2O.ClH/c1-2-21(11-13-14(18)9-6-10-15(13)19)17(22)16(20)12-7-4-3-5-8-12;/h3-10,16H,2,11,20H2,1H3;1H. The van der Waals surface area contributed by atoms with Crippen molar-refractivity contribution in [2.45, 2.75) is 19.5 Å². The van der Waals surface area contributed by atoms with Crippen LogP contribution in [0.1, 0.15) is 24.1 Å². The lowest BCUT2D eigenvalue weighted by Gasteiger charge is -2.25. The Kier molecular flexibility index (Phi) is 7.13. The minimum atomic E-state index is -0.851. The van der Waals surface area contributed by atoms with Crippen LogP contribution in [0.5, 0.6) is 0 Å². The van der Waals surface area contributed by atoms with Gasteiger partial charge < -0.3 is 10.6 Å². The summed E-state index contributed by atoms with van der Waals surface area (Å²) < 4.78 is 27.5. The molecular weight excluding hydrogens is 322 g/mol. The number of hydrogen-bond donors (Lipinski definition) is 1. The Hall–Kier alpha value is -1.98. The number of nitrogens with zero attached hydrogens (tertiary/aromatic N) is 1. The van der Waals surface area contributed by atoms with Crippen LogP contribution in [0.3, 0.4) is 0 Å². The van der Waals surface area contributed by atoms with Crippen molar-refractivity contribution in [1.29, 1.82) is 0 Å². The van der Waals surface area contributed by atoms with E-state index in [0.29, 0.717) is 12.1 Å². The highest BCUT2D eigenvalue weighted by Crippen LogP contribution is 2.18. The van der Waals surface area contributed by atoms with Gasteiger partial charge in [0, 0.05) is 12.1 Å². The SMILES string of the molecule is CCN(Cc1c(F)cccc1F)C(=O)C(N)c1ccccc1.Cl. The first-order valence-electron chi connectivity index (χ1n) is 7.06. The minimum Gasteiger partial charge on any atom is -0.337 e. The van der Waals surface area contributed by atoms with Crippen molar-refractivity contribution in [1.82, 2.24) is 4.90 Å². The number of carbonyl (C=O) groups is 1. The second kappa shape index (κ2) is 8.60. The van der Waals surface area contributed by atoms with E-state index in [1.54, 1.807) is 31.2 Å². The van der Waals surface area contributed by atoms with Crippen LogP contribution in [0.2, 0.25) is 0 Å². The van der Waals surface area contributed by atoms with E-state index < -0.39 is 17.7 Å². The fraction of sp³-hybridized carbons (Fsp3) is 0.235. The third kappa shape index (κ3) is 4.50. The van der Waals surface area contributed by atoms with Crippen molar-refractivity contribution in [3.05, 3.63) is 71.3 Å². The summed E-state index contributed by atoms with van der Waals surface area (Å²) >= 11 is 0. The first-order valence-corrected chi connectivity index (χ1v) is 7.06. The second-order valence-electron chi connectivity index (χ2n) is 4.94. The topological polar surface area (TPSA) is 46.3 Å². The van der Waals surface area contributed by atoms with E-state index in [1.165, 1.54) is 23.1 Å². The highest BCUT2D eigenvalue weighted by molar-refractivity contribution is 5.85. The van der Waals surface area contributed by atoms with Crippen LogP contribution in [0.4, 0.5) is 8.78 Å². The zero-order valence-electron chi connectivity index (χ0n) is 12.7. The Labute approximate surface area is 140 Å². The van der Waals surface area contributed by atoms with Gasteiger partial charge in [0.25, 0.3) is 0 Å². The maximum Gasteiger partial charge on any atom is 0.244 e. The molecular formula is C17H19ClF2N2O. The molecule has 0 aromatic heterocycles. The molecule has 2 aromatic carbocycles. The molecule has 1 atom stereocenters. The largest absolute Gasteiger partial charge is 0.337 e. The van der Waals surface area contributed by atoms with Crippen molar-refractivity contribution < 1.29 is 13.6 Å². The summed E-state index contributed by atoms with van der Waals surface area (Å²) in [5, 5.41) is 0. The van der Waals surface area contributed by atoms with Crippen molar-refractivity contribution in [3.63, 3.8) is 0 Å². The molecule has 3 nitrogen and oxygen atoms in total. The summed E-state index contributed by atoms with van der Waals surface area (Å²) in [5.41, 5.74) is 6.51. The molecule has 2 aromatic rings. The first-order chi connectivity index (χ1) is 10.5. The molecule has 0 saturated carbocycles. The Morgan fingerprint density at radius 2 is 1.65 bits per heavy atom. The number of nitrogens with two attached hydrogens (primary N) is 1. The first kappa shape index (κ1) is 19.1. The van der Waals surface area contributed by atoms with Gasteiger partial charge in [0.05, 0.1) is 6.54 Å². The highest BCUT2D eigenvalue weighted by Gasteiger charge is 2.23. The van der Waals surface area contributed by atoms with Crippen LogP contribution < -0.4 is 5.73 Å². The van der Waals surface area contributed by atoms with Gasteiger partial charge in [0.2, 0.25) is 5.91 Å². The number of likely N-dealkylation sites (N-methyl/N-ethyl adjacent to an activating group) is 1. The van der Waals surface area contributed by atoms with Gasteiger partial charge in [0.15, 0.2) is 0 Å². The van der Waals surface area contributed by atoms with Crippen LogP contribution >= 0.6 is 12.4 Å². The van der Waals surface area contributed by atoms with Crippen molar-refractivity contribution in [2.75, 3.05) is 6.54 Å². The fourth-order valence-corrected chi connectivity index (χ4v) is 2.22. The summed E-state index contributed by atoms with van der Waals surface area (Å²) in [6.07, 6.45) is 0. The summed E-state index contributed by atoms with van der Waals surface area (Å²) in [6.45, 7) is 1.91. The Bertz CT molecular complexity index is 632. The van der Waals surface area contributed by atoms with E-state index in [1.807, 2.05) is 6.07 Å². The monoisotopic (exact) mass is 340 g/mol. The normalized spacial score (nSPS) is 11.5. The number of hydrogen-bond acceptors (Lipinski definition) is 2. The molecule has 124 valence electrons. The molecule has 0 saturated heterocycles. The number of rotatable bonds is 5. The molecule has 0 aliphatic rings. The van der Waals surface area contributed by atoms with Crippen molar-refractivity contribution in [2.24, 2.45) is 5.73 Å². The van der Waals surface area contributed by atoms with E-state index in [4.69, 9.17) is 5.73 Å². The minimum absolute atomic E-state index is 0. The third-order valence-corrected chi connectivity index (χ3v) is 3.53. The molecule has 0 fully saturated rings. The van der Waals surface area contributed by atoms with Gasteiger partial charge in [-0.3, -0.25) is 4.79 Å². The summed E-state index contributed by atoms with van der Waals surface area (Å²) in [5.74, 6) is -1.70. The molecule has 1 amide bonds. The number of amides is 1. The van der Waals surface area contributed by atoms with Crippen molar-refractivity contribution in [3.8, 4) is 0 Å². The second-order valence-corrected chi connectivity index (χ2v) is 4.94. The fourth-order valence-electron chi connectivity index (χ4n) is 2.22. The van der Waals surface area contributed by atoms with Crippen molar-refractivity contribution >= 4 is 18.3 Å². The summed E-state index contributed by atoms with van der Waals surface area (Å²) in [7, 11) is 0. The molecule has 0 radical (unpaired) electrons. The Morgan fingerprint density at radius 3 is 2.17 bits per heavy atom. The third-order valence-electron chi connectivity index (χ3n) is 3.53. The molecule has 2 rings (SSSR count). The molecule has 1 unspecified atom stereocenters. The predicted molar refractivity (Wildman–Crippen MR) is 88.1 cm³/mol. The molecule has 0 bridgehead atoms. The zero-order valence-corrected chi connectivity index (χ0v) is 13.5. The van der Waals surface area contributed by atoms with Gasteiger partial charge in [-0.25, -0.2) is 8.78 Å². The molecule has 0 spiro atoms. The van der Waals surface area contributed by atoms with E-state index in [9.17, 15) is 13.6 Å². The highest BCUT2D eigenvalue weighted by atomic mass is 35.5. The molecule has 0 aliphatic carbocycles. The van der Waals surface area contributed by atoms with Crippen LogP contribution in [-0.4, -0.2) is 17.4 Å². The lowest BCUT2D eigenvalue weighted by atomic mass is 10.1. The predicted octanol–water partition coefficient (Wildman–Crippen LogP) is 3.44. The van der Waals surface area contributed by atoms with Crippen LogP contribution in [-0.2, 0) is 11.3 Å². The number of carbonyl (C=O) groups excluding carboxylic acids is 1. The number of halogens is 3. The molecule has 0 aliphatic heterocycles. The molecule has 23 heavy (non-hydrogen) atoms. The van der Waals surface area contributed by atoms with E-state index in [0.717, 1.165) is 0 Å². The van der Waals surface area contributed by atoms with E-state index in [-0.39, 0.29) is 30.4 Å². The number of benzene rings is 2. The average molecular weight is 341 g/mol. The summed E-state index contributed by atoms with van der Waals surface area (Å²) in [4.78, 5) is 13.8.